The Hall–Kier alpha value is -3.40. The van der Waals surface area contributed by atoms with Crippen molar-refractivity contribution < 1.29 is 83.6 Å². The van der Waals surface area contributed by atoms with Crippen LogP contribution in [-0.2, 0) is 44.4 Å². The SMILES string of the molecule is CCc1c(Cl)c(O)c(Cl)c(O)c1C(=O)O[C@H]1[C@H](O)[C@H](OC)[C@H](OCC2=CC=CC[C@H](O)C(C)=C[C@H](CC)[C@@H](O[C@@H]3OC(C)(C)[C@@H](O)[C@H](O)[C@@H]3O)C(C)=CC(C)=CC[C@@H]([C@@H](C)O)OC2=O)O[C@@H]1C. The van der Waals surface area contributed by atoms with Crippen molar-refractivity contribution in [2.24, 2.45) is 5.92 Å². The number of aromatic hydroxyl groups is 2. The number of ether oxygens (including phenoxy) is 7. The van der Waals surface area contributed by atoms with E-state index in [1.54, 1.807) is 39.8 Å². The van der Waals surface area contributed by atoms with Crippen molar-refractivity contribution in [1.82, 2.24) is 0 Å². The fourth-order valence-corrected chi connectivity index (χ4v) is 8.70. The van der Waals surface area contributed by atoms with E-state index in [1.165, 1.54) is 33.1 Å². The van der Waals surface area contributed by atoms with E-state index in [9.17, 15) is 50.4 Å². The summed E-state index contributed by atoms with van der Waals surface area (Å²) >= 11 is 12.3. The minimum atomic E-state index is -1.57. The van der Waals surface area contributed by atoms with Crippen molar-refractivity contribution in [1.29, 1.82) is 0 Å². The Labute approximate surface area is 401 Å². The lowest BCUT2D eigenvalue weighted by Crippen LogP contribution is -2.63. The first-order chi connectivity index (χ1) is 31.4. The quantitative estimate of drug-likeness (QED) is 0.107. The fourth-order valence-electron chi connectivity index (χ4n) is 8.14. The van der Waals surface area contributed by atoms with Gasteiger partial charge in [-0.15, -0.1) is 0 Å². The lowest BCUT2D eigenvalue weighted by molar-refractivity contribution is -0.331. The molecule has 1 aromatic rings. The van der Waals surface area contributed by atoms with Crippen LogP contribution >= 0.6 is 23.2 Å². The average molecular weight is 988 g/mol. The van der Waals surface area contributed by atoms with Gasteiger partial charge in [-0.3, -0.25) is 0 Å². The van der Waals surface area contributed by atoms with Crippen molar-refractivity contribution in [3.05, 3.63) is 79.9 Å². The number of allylic oxidation sites excluding steroid dienone is 4. The Balaban J connectivity index is 1.60. The van der Waals surface area contributed by atoms with Crippen LogP contribution in [0.25, 0.3) is 0 Å². The van der Waals surface area contributed by atoms with Crippen LogP contribution in [0, 0.1) is 5.92 Å². The second-order valence-corrected chi connectivity index (χ2v) is 18.6. The zero-order valence-electron chi connectivity index (χ0n) is 39.6. The van der Waals surface area contributed by atoms with Crippen LogP contribution in [-0.4, -0.2) is 152 Å². The molecule has 14 atom stereocenters. The molecule has 3 aliphatic heterocycles. The molecule has 1 aromatic carbocycles. The first-order valence-electron chi connectivity index (χ1n) is 22.3. The predicted molar refractivity (Wildman–Crippen MR) is 246 cm³/mol. The molecule has 0 aliphatic carbocycles. The van der Waals surface area contributed by atoms with Crippen molar-refractivity contribution in [2.45, 2.75) is 173 Å². The van der Waals surface area contributed by atoms with Crippen molar-refractivity contribution in [3.8, 4) is 11.5 Å². The third kappa shape index (κ3) is 13.5. The molecule has 0 spiro atoms. The Bertz CT molecular complexity index is 2050. The number of methoxy groups -OCH3 is 1. The highest BCUT2D eigenvalue weighted by Gasteiger charge is 2.50. The van der Waals surface area contributed by atoms with Crippen LogP contribution in [0.4, 0.5) is 0 Å². The Kier molecular flexibility index (Phi) is 20.5. The van der Waals surface area contributed by atoms with Gasteiger partial charge in [0.25, 0.3) is 0 Å². The van der Waals surface area contributed by atoms with Gasteiger partial charge >= 0.3 is 11.9 Å². The lowest BCUT2D eigenvalue weighted by atomic mass is 9.88. The Morgan fingerprint density at radius 3 is 2.22 bits per heavy atom. The van der Waals surface area contributed by atoms with Gasteiger partial charge in [0.1, 0.15) is 47.2 Å². The van der Waals surface area contributed by atoms with Gasteiger partial charge < -0.3 is 74.0 Å². The summed E-state index contributed by atoms with van der Waals surface area (Å²) in [4.78, 5) is 27.3. The standard InChI is InChI=1S/C48H68Cl2O17/c1-11-27-20-23(4)30(52)16-14-13-15-28(21-62-47-42(61-10)39(57)41(26(7)63-47)65-45(60)32-29(12-2)33(49)36(54)34(50)35(32)53)44(59)64-31(25(6)51)18-17-22(3)19-24(5)40(27)66-46-38(56)37(55)43(58)48(8,9)67-46/h13-15,17,19-20,25-27,30-31,37-43,46-47,51-58H,11-12,16,18,21H2,1-10H3/t25-,26-,27+,30+,31+,37-,38+,39+,40+,41-,42+,43+,46-,47-/m1/s1. The highest BCUT2D eigenvalue weighted by atomic mass is 35.5. The summed E-state index contributed by atoms with van der Waals surface area (Å²) in [5, 5.41) is 85.7. The highest BCUT2D eigenvalue weighted by molar-refractivity contribution is 6.39. The maximum Gasteiger partial charge on any atom is 0.342 e. The maximum atomic E-state index is 13.9. The van der Waals surface area contributed by atoms with E-state index < -0.39 is 126 Å². The molecule has 0 aromatic heterocycles. The number of hydrogen-bond donors (Lipinski definition) is 8. The number of carbonyl (C=O) groups excluding carboxylic acids is 2. The Morgan fingerprint density at radius 2 is 1.61 bits per heavy atom. The van der Waals surface area contributed by atoms with Crippen molar-refractivity contribution >= 4 is 35.1 Å². The first-order valence-corrected chi connectivity index (χ1v) is 23.1. The minimum absolute atomic E-state index is 0.0296. The number of rotatable bonds is 11. The first kappa shape index (κ1) is 56.2. The summed E-state index contributed by atoms with van der Waals surface area (Å²) in [6.07, 6.45) is -5.33. The monoisotopic (exact) mass is 986 g/mol. The van der Waals surface area contributed by atoms with Crippen LogP contribution < -0.4 is 0 Å². The second-order valence-electron chi connectivity index (χ2n) is 17.8. The van der Waals surface area contributed by atoms with Gasteiger partial charge in [0.2, 0.25) is 0 Å². The van der Waals surface area contributed by atoms with E-state index in [0.29, 0.717) is 23.1 Å². The number of phenols is 2. The molecule has 67 heavy (non-hydrogen) atoms. The summed E-state index contributed by atoms with van der Waals surface area (Å²) in [6, 6.07) is 0. The third-order valence-corrected chi connectivity index (χ3v) is 13.1. The number of esters is 2. The summed E-state index contributed by atoms with van der Waals surface area (Å²) < 4.78 is 41.5. The molecule has 8 N–H and O–H groups in total. The largest absolute Gasteiger partial charge is 0.505 e. The lowest BCUT2D eigenvalue weighted by Gasteiger charge is -2.46. The average Bonchev–Trinajstić information content (AvgIpc) is 3.27. The summed E-state index contributed by atoms with van der Waals surface area (Å²) in [5.41, 5.74) is 0.400. The van der Waals surface area contributed by atoms with E-state index >= 15 is 0 Å². The van der Waals surface area contributed by atoms with E-state index in [0.717, 1.165) is 0 Å². The molecule has 3 heterocycles. The van der Waals surface area contributed by atoms with Gasteiger partial charge in [0, 0.05) is 19.4 Å². The number of cyclic esters (lactones) is 1. The zero-order chi connectivity index (χ0) is 50.2. The molecular weight excluding hydrogens is 919 g/mol. The number of hydrogen-bond acceptors (Lipinski definition) is 17. The smallest absolute Gasteiger partial charge is 0.342 e. The van der Waals surface area contributed by atoms with E-state index in [1.807, 2.05) is 32.9 Å². The minimum Gasteiger partial charge on any atom is -0.505 e. The predicted octanol–water partition coefficient (Wildman–Crippen LogP) is 5.03. The van der Waals surface area contributed by atoms with Crippen LogP contribution in [0.3, 0.4) is 0 Å². The van der Waals surface area contributed by atoms with Crippen LogP contribution in [0.1, 0.15) is 97.5 Å². The van der Waals surface area contributed by atoms with Crippen molar-refractivity contribution in [2.75, 3.05) is 13.7 Å². The number of aliphatic hydroxyl groups is 6. The van der Waals surface area contributed by atoms with Crippen LogP contribution in [0.2, 0.25) is 10.0 Å². The van der Waals surface area contributed by atoms with Crippen LogP contribution in [0.15, 0.2) is 58.7 Å². The molecule has 0 radical (unpaired) electrons. The number of aliphatic hydroxyl groups excluding tert-OH is 6. The molecule has 19 heteroatoms. The second kappa shape index (κ2) is 24.4. The van der Waals surface area contributed by atoms with Crippen LogP contribution in [0.5, 0.6) is 11.5 Å². The van der Waals surface area contributed by atoms with Gasteiger partial charge in [0.15, 0.2) is 30.2 Å². The van der Waals surface area contributed by atoms with Gasteiger partial charge in [-0.1, -0.05) is 73.0 Å². The summed E-state index contributed by atoms with van der Waals surface area (Å²) in [7, 11) is 1.26. The molecule has 0 bridgehead atoms. The number of phenolic OH excluding ortho intramolecular Hbond substituents is 2. The van der Waals surface area contributed by atoms with Gasteiger partial charge in [-0.25, -0.2) is 9.59 Å². The summed E-state index contributed by atoms with van der Waals surface area (Å²) in [5.74, 6) is -3.68. The number of halogens is 2. The molecule has 3 aliphatic rings. The third-order valence-electron chi connectivity index (χ3n) is 12.3. The van der Waals surface area contributed by atoms with Gasteiger partial charge in [-0.2, -0.15) is 0 Å². The topological polar surface area (TPSA) is 261 Å². The van der Waals surface area contributed by atoms with Crippen molar-refractivity contribution in [3.63, 3.8) is 0 Å². The van der Waals surface area contributed by atoms with E-state index in [4.69, 9.17) is 56.4 Å². The normalized spacial score (nSPS) is 33.0. The molecule has 0 unspecified atom stereocenters. The highest BCUT2D eigenvalue weighted by Crippen LogP contribution is 2.45. The zero-order valence-corrected chi connectivity index (χ0v) is 41.1. The summed E-state index contributed by atoms with van der Waals surface area (Å²) in [6.45, 7) is 14.7. The molecule has 2 saturated heterocycles. The Morgan fingerprint density at radius 1 is 0.940 bits per heavy atom. The maximum absolute atomic E-state index is 13.9. The number of benzene rings is 1. The fraction of sp³-hybridized carbons (Fsp3) is 0.625. The van der Waals surface area contributed by atoms with Gasteiger partial charge in [-0.05, 0) is 90.5 Å². The molecule has 376 valence electrons. The number of carbonyl (C=O) groups is 2. The molecule has 2 fully saturated rings. The molecule has 0 amide bonds. The van der Waals surface area contributed by atoms with E-state index in [2.05, 4.69) is 0 Å². The molecular formula is C48H68Cl2O17. The molecule has 17 nitrogen and oxygen atoms in total. The van der Waals surface area contributed by atoms with E-state index in [-0.39, 0.29) is 41.3 Å². The molecule has 0 saturated carbocycles. The molecule has 4 rings (SSSR count). The van der Waals surface area contributed by atoms with Gasteiger partial charge in [0.05, 0.1) is 47.2 Å².